The van der Waals surface area contributed by atoms with Gasteiger partial charge >= 0.3 is 6.18 Å². The Bertz CT molecular complexity index is 1310. The molecule has 0 spiro atoms. The number of thiophene rings is 1. The van der Waals surface area contributed by atoms with Crippen molar-refractivity contribution in [3.63, 3.8) is 0 Å². The molecule has 0 aliphatic rings. The average Bonchev–Trinajstić information content (AvgIpc) is 3.19. The first-order valence-electron chi connectivity index (χ1n) is 9.50. The fraction of sp³-hybridized carbons (Fsp3) is 0.0909. The molecule has 4 aromatic rings. The summed E-state index contributed by atoms with van der Waals surface area (Å²) in [6.45, 7) is 1.87. The highest BCUT2D eigenvalue weighted by Gasteiger charge is 2.35. The van der Waals surface area contributed by atoms with Crippen LogP contribution in [0.2, 0.25) is 0 Å². The molecule has 168 valence electrons. The first-order valence-corrected chi connectivity index (χ1v) is 11.1. The highest BCUT2D eigenvalue weighted by molar-refractivity contribution is 9.11. The lowest BCUT2D eigenvalue weighted by molar-refractivity contribution is -0.137. The summed E-state index contributed by atoms with van der Waals surface area (Å²) in [5.41, 5.74) is 2.55. The topological polar surface area (TPSA) is 79.8 Å². The van der Waals surface area contributed by atoms with Crippen LogP contribution in [0, 0.1) is 6.92 Å². The van der Waals surface area contributed by atoms with Crippen molar-refractivity contribution >= 4 is 50.5 Å². The summed E-state index contributed by atoms with van der Waals surface area (Å²) < 4.78 is 38.9. The molecule has 33 heavy (non-hydrogen) atoms. The molecule has 0 aliphatic heterocycles. The van der Waals surface area contributed by atoms with Crippen molar-refractivity contribution in [1.82, 2.24) is 15.0 Å². The van der Waals surface area contributed by atoms with Crippen LogP contribution in [0.25, 0.3) is 11.3 Å². The second-order valence-corrected chi connectivity index (χ2v) is 9.28. The zero-order chi connectivity index (χ0) is 23.6. The molecule has 2 N–H and O–H groups in total. The fourth-order valence-corrected chi connectivity index (χ4v) is 4.58. The number of carbonyl (C=O) groups excluding carboxylic acids is 1. The lowest BCUT2D eigenvalue weighted by atomic mass is 10.1. The summed E-state index contributed by atoms with van der Waals surface area (Å²) >= 11 is 3.60. The van der Waals surface area contributed by atoms with E-state index in [4.69, 9.17) is 0 Å². The van der Waals surface area contributed by atoms with Gasteiger partial charge in [-0.1, -0.05) is 6.07 Å². The minimum atomic E-state index is -4.54. The smallest absolute Gasteiger partial charge is 0.324 e. The molecule has 3 aromatic heterocycles. The van der Waals surface area contributed by atoms with Crippen LogP contribution in [-0.4, -0.2) is 20.9 Å². The van der Waals surface area contributed by atoms with Crippen molar-refractivity contribution in [2.45, 2.75) is 13.1 Å². The molecule has 3 heterocycles. The number of benzene rings is 1. The molecule has 6 nitrogen and oxygen atoms in total. The summed E-state index contributed by atoms with van der Waals surface area (Å²) in [5.74, 6) is -0.291. The fourth-order valence-electron chi connectivity index (χ4n) is 2.92. The monoisotopic (exact) mass is 533 g/mol. The zero-order valence-corrected chi connectivity index (χ0v) is 19.3. The van der Waals surface area contributed by atoms with E-state index >= 15 is 0 Å². The van der Waals surface area contributed by atoms with Crippen molar-refractivity contribution in [3.8, 4) is 11.3 Å². The van der Waals surface area contributed by atoms with Crippen LogP contribution in [0.1, 0.15) is 20.8 Å². The number of aryl methyl sites for hydroxylation is 1. The van der Waals surface area contributed by atoms with E-state index in [0.29, 0.717) is 23.0 Å². The van der Waals surface area contributed by atoms with Crippen LogP contribution in [-0.2, 0) is 6.18 Å². The van der Waals surface area contributed by atoms with E-state index in [2.05, 4.69) is 41.5 Å². The van der Waals surface area contributed by atoms with Gasteiger partial charge in [0.1, 0.15) is 0 Å². The number of nitrogens with one attached hydrogen (secondary N) is 2. The Labute approximate surface area is 199 Å². The van der Waals surface area contributed by atoms with E-state index in [1.165, 1.54) is 0 Å². The Kier molecular flexibility index (Phi) is 6.43. The van der Waals surface area contributed by atoms with Crippen molar-refractivity contribution in [1.29, 1.82) is 0 Å². The van der Waals surface area contributed by atoms with Gasteiger partial charge in [-0.25, -0.2) is 9.97 Å². The molecule has 0 radical (unpaired) electrons. The number of anilines is 3. The number of aromatic nitrogens is 3. The molecule has 11 heteroatoms. The maximum atomic E-state index is 13.0. The number of halogens is 4. The van der Waals surface area contributed by atoms with Crippen molar-refractivity contribution in [3.05, 3.63) is 80.8 Å². The number of hydrogen-bond acceptors (Lipinski definition) is 6. The first kappa shape index (κ1) is 22.9. The molecule has 1 amide bonds. The van der Waals surface area contributed by atoms with Gasteiger partial charge in [0.15, 0.2) is 0 Å². The number of pyridine rings is 1. The summed E-state index contributed by atoms with van der Waals surface area (Å²) in [6, 6.07) is 11.4. The molecule has 0 aliphatic carbocycles. The quantitative estimate of drug-likeness (QED) is 0.299. The molecular weight excluding hydrogens is 519 g/mol. The third kappa shape index (κ3) is 5.37. The summed E-state index contributed by atoms with van der Waals surface area (Å²) in [4.78, 5) is 25.3. The van der Waals surface area contributed by atoms with Gasteiger partial charge in [-0.2, -0.15) is 13.2 Å². The van der Waals surface area contributed by atoms with Gasteiger partial charge in [-0.05, 0) is 64.8 Å². The second-order valence-electron chi connectivity index (χ2n) is 6.91. The standard InChI is InChI=1S/C22H15BrF3N5OS/c1-12-4-5-14(29-20(32)18-10-15(19(23)33-18)22(24,25)26)9-17(12)31-21-28-8-6-16(30-21)13-3-2-7-27-11-13/h2-11H,1H3,(H,29,32)(H,28,30,31). The van der Waals surface area contributed by atoms with Gasteiger partial charge in [0.25, 0.3) is 5.91 Å². The van der Waals surface area contributed by atoms with Crippen LogP contribution < -0.4 is 10.6 Å². The van der Waals surface area contributed by atoms with E-state index in [1.54, 1.807) is 42.9 Å². The number of alkyl halides is 3. The molecular formula is C22H15BrF3N5OS. The number of nitrogens with zero attached hydrogens (tertiary/aromatic N) is 3. The largest absolute Gasteiger partial charge is 0.418 e. The first-order chi connectivity index (χ1) is 15.7. The maximum Gasteiger partial charge on any atom is 0.418 e. The average molecular weight is 534 g/mol. The highest BCUT2D eigenvalue weighted by Crippen LogP contribution is 2.40. The van der Waals surface area contributed by atoms with Gasteiger partial charge in [0.05, 0.1) is 19.9 Å². The van der Waals surface area contributed by atoms with Crippen molar-refractivity contribution < 1.29 is 18.0 Å². The van der Waals surface area contributed by atoms with Crippen LogP contribution in [0.3, 0.4) is 0 Å². The summed E-state index contributed by atoms with van der Waals surface area (Å²) in [5, 5.41) is 5.76. The third-order valence-electron chi connectivity index (χ3n) is 4.57. The molecule has 0 unspecified atom stereocenters. The SMILES string of the molecule is Cc1ccc(NC(=O)c2cc(C(F)(F)F)c(Br)s2)cc1Nc1nccc(-c2cccnc2)n1. The van der Waals surface area contributed by atoms with Crippen LogP contribution in [0.4, 0.5) is 30.5 Å². The van der Waals surface area contributed by atoms with E-state index in [-0.39, 0.29) is 8.66 Å². The Morgan fingerprint density at radius 2 is 1.94 bits per heavy atom. The minimum Gasteiger partial charge on any atom is -0.324 e. The Morgan fingerprint density at radius 1 is 1.12 bits per heavy atom. The van der Waals surface area contributed by atoms with Gasteiger partial charge in [-0.15, -0.1) is 11.3 Å². The molecule has 0 fully saturated rings. The molecule has 0 saturated heterocycles. The van der Waals surface area contributed by atoms with Gasteiger partial charge in [0.2, 0.25) is 5.95 Å². The van der Waals surface area contributed by atoms with Crippen molar-refractivity contribution in [2.24, 2.45) is 0 Å². The minimum absolute atomic E-state index is 0.0585. The normalized spacial score (nSPS) is 11.3. The van der Waals surface area contributed by atoms with Gasteiger partial charge in [-0.3, -0.25) is 9.78 Å². The lowest BCUT2D eigenvalue weighted by Gasteiger charge is -2.12. The Morgan fingerprint density at radius 3 is 2.64 bits per heavy atom. The second kappa shape index (κ2) is 9.28. The van der Waals surface area contributed by atoms with E-state index in [1.807, 2.05) is 19.1 Å². The predicted molar refractivity (Wildman–Crippen MR) is 125 cm³/mol. The van der Waals surface area contributed by atoms with E-state index < -0.39 is 17.6 Å². The van der Waals surface area contributed by atoms with Crippen molar-refractivity contribution in [2.75, 3.05) is 10.6 Å². The predicted octanol–water partition coefficient (Wildman–Crippen LogP) is 6.69. The van der Waals surface area contributed by atoms with E-state index in [9.17, 15) is 18.0 Å². The molecule has 0 bridgehead atoms. The lowest BCUT2D eigenvalue weighted by Crippen LogP contribution is -2.11. The van der Waals surface area contributed by atoms with Crippen LogP contribution in [0.15, 0.2) is 64.8 Å². The number of hydrogen-bond donors (Lipinski definition) is 2. The summed E-state index contributed by atoms with van der Waals surface area (Å²) in [6.07, 6.45) is 0.442. The van der Waals surface area contributed by atoms with Crippen LogP contribution in [0.5, 0.6) is 0 Å². The Balaban J connectivity index is 1.54. The number of carbonyl (C=O) groups is 1. The molecule has 4 rings (SSSR count). The number of amides is 1. The maximum absolute atomic E-state index is 13.0. The van der Waals surface area contributed by atoms with E-state index in [0.717, 1.165) is 28.5 Å². The summed E-state index contributed by atoms with van der Waals surface area (Å²) in [7, 11) is 0. The highest BCUT2D eigenvalue weighted by atomic mass is 79.9. The van der Waals surface area contributed by atoms with Crippen LogP contribution >= 0.6 is 27.3 Å². The van der Waals surface area contributed by atoms with Gasteiger partial charge in [0, 0.05) is 35.5 Å². The van der Waals surface area contributed by atoms with Gasteiger partial charge < -0.3 is 10.6 Å². The Hall–Kier alpha value is -3.31. The molecule has 1 aromatic carbocycles. The molecule has 0 saturated carbocycles. The third-order valence-corrected chi connectivity index (χ3v) is 6.41. The molecule has 0 atom stereocenters. The number of rotatable bonds is 5. The zero-order valence-electron chi connectivity index (χ0n) is 16.9.